The highest BCUT2D eigenvalue weighted by molar-refractivity contribution is 7.73. The molecule has 0 unspecified atom stereocenters. The summed E-state index contributed by atoms with van der Waals surface area (Å²) in [6.45, 7) is 1.79. The Morgan fingerprint density at radius 2 is 1.36 bits per heavy atom. The standard InChI is InChI=1S/C8H8N2S4/c11-7-9(3-5-13-7)1-2-10-4-6-14-8(10)12/h3-6H,1-2H2. The van der Waals surface area contributed by atoms with Crippen molar-refractivity contribution >= 4 is 47.1 Å². The van der Waals surface area contributed by atoms with Gasteiger partial charge in [0.15, 0.2) is 7.91 Å². The molecule has 0 fully saturated rings. The van der Waals surface area contributed by atoms with Crippen molar-refractivity contribution in [1.82, 2.24) is 9.13 Å². The molecule has 0 aliphatic rings. The topological polar surface area (TPSA) is 9.86 Å². The van der Waals surface area contributed by atoms with Gasteiger partial charge in [-0.25, -0.2) is 0 Å². The van der Waals surface area contributed by atoms with Crippen molar-refractivity contribution in [1.29, 1.82) is 0 Å². The maximum atomic E-state index is 5.16. The lowest BCUT2D eigenvalue weighted by molar-refractivity contribution is 0.579. The normalized spacial score (nSPS) is 10.6. The van der Waals surface area contributed by atoms with Gasteiger partial charge >= 0.3 is 0 Å². The Kier molecular flexibility index (Phi) is 3.27. The first-order chi connectivity index (χ1) is 6.77. The molecule has 0 aliphatic heterocycles. The van der Waals surface area contributed by atoms with Crippen LogP contribution >= 0.6 is 47.1 Å². The van der Waals surface area contributed by atoms with Gasteiger partial charge in [-0.1, -0.05) is 0 Å². The minimum absolute atomic E-state index is 0.896. The Bertz CT molecular complexity index is 467. The molecular weight excluding hydrogens is 252 g/mol. The highest BCUT2D eigenvalue weighted by Crippen LogP contribution is 2.06. The third kappa shape index (κ3) is 2.20. The van der Waals surface area contributed by atoms with Crippen molar-refractivity contribution in [3.05, 3.63) is 31.1 Å². The van der Waals surface area contributed by atoms with Crippen LogP contribution in [-0.2, 0) is 13.1 Å². The largest absolute Gasteiger partial charge is 0.328 e. The van der Waals surface area contributed by atoms with Gasteiger partial charge in [0.2, 0.25) is 0 Å². The Balaban J connectivity index is 2.09. The third-order valence-electron chi connectivity index (χ3n) is 1.87. The Morgan fingerprint density at radius 1 is 0.929 bits per heavy atom. The minimum atomic E-state index is 0.896. The summed E-state index contributed by atoms with van der Waals surface area (Å²) >= 11 is 13.5. The first-order valence-corrected chi connectivity index (χ1v) is 6.63. The molecule has 0 atom stereocenters. The lowest BCUT2D eigenvalue weighted by atomic mass is 10.6. The predicted molar refractivity (Wildman–Crippen MR) is 66.3 cm³/mol. The molecule has 2 heterocycles. The first kappa shape index (κ1) is 10.2. The fourth-order valence-corrected chi connectivity index (χ4v) is 2.99. The molecule has 2 aromatic heterocycles. The quantitative estimate of drug-likeness (QED) is 0.781. The molecule has 74 valence electrons. The molecule has 2 aromatic rings. The van der Waals surface area contributed by atoms with Crippen LogP contribution in [0, 0.1) is 7.91 Å². The summed E-state index contributed by atoms with van der Waals surface area (Å²) in [7, 11) is 0. The lowest BCUT2D eigenvalue weighted by Crippen LogP contribution is -2.05. The van der Waals surface area contributed by atoms with Crippen molar-refractivity contribution in [2.24, 2.45) is 0 Å². The van der Waals surface area contributed by atoms with Crippen LogP contribution in [0.2, 0.25) is 0 Å². The third-order valence-corrected chi connectivity index (χ3v) is 4.30. The van der Waals surface area contributed by atoms with E-state index in [0.29, 0.717) is 0 Å². The molecule has 6 heteroatoms. The molecule has 14 heavy (non-hydrogen) atoms. The van der Waals surface area contributed by atoms with E-state index in [1.807, 2.05) is 23.2 Å². The van der Waals surface area contributed by atoms with E-state index in [-0.39, 0.29) is 0 Å². The molecule has 0 amide bonds. The highest BCUT2D eigenvalue weighted by Gasteiger charge is 1.95. The van der Waals surface area contributed by atoms with Gasteiger partial charge in [0, 0.05) is 36.2 Å². The lowest BCUT2D eigenvalue weighted by Gasteiger charge is -2.03. The van der Waals surface area contributed by atoms with Gasteiger partial charge < -0.3 is 9.13 Å². The van der Waals surface area contributed by atoms with E-state index in [4.69, 9.17) is 24.4 Å². The van der Waals surface area contributed by atoms with Gasteiger partial charge in [-0.2, -0.15) is 0 Å². The van der Waals surface area contributed by atoms with Crippen LogP contribution in [0.3, 0.4) is 0 Å². The van der Waals surface area contributed by atoms with Crippen molar-refractivity contribution in [2.45, 2.75) is 13.1 Å². The SMILES string of the molecule is S=c1sccn1CCn1ccsc1=S. The number of hydrogen-bond acceptors (Lipinski definition) is 4. The molecule has 0 bridgehead atoms. The van der Waals surface area contributed by atoms with E-state index in [2.05, 4.69) is 9.13 Å². The van der Waals surface area contributed by atoms with E-state index in [1.165, 1.54) is 0 Å². The van der Waals surface area contributed by atoms with Crippen LogP contribution in [0.4, 0.5) is 0 Å². The Morgan fingerprint density at radius 3 is 1.64 bits per heavy atom. The number of nitrogens with zero attached hydrogens (tertiary/aromatic N) is 2. The van der Waals surface area contributed by atoms with E-state index in [1.54, 1.807) is 22.7 Å². The summed E-state index contributed by atoms with van der Waals surface area (Å²) in [5.41, 5.74) is 0. The van der Waals surface area contributed by atoms with Crippen LogP contribution < -0.4 is 0 Å². The zero-order valence-corrected chi connectivity index (χ0v) is 10.5. The second-order valence-corrected chi connectivity index (χ2v) is 5.80. The van der Waals surface area contributed by atoms with E-state index < -0.39 is 0 Å². The highest BCUT2D eigenvalue weighted by atomic mass is 32.2. The molecule has 2 nitrogen and oxygen atoms in total. The maximum Gasteiger partial charge on any atom is 0.161 e. The summed E-state index contributed by atoms with van der Waals surface area (Å²) in [6, 6.07) is 0. The molecule has 0 spiro atoms. The van der Waals surface area contributed by atoms with Crippen molar-refractivity contribution in [2.75, 3.05) is 0 Å². The maximum absolute atomic E-state index is 5.16. The molecule has 2 rings (SSSR count). The summed E-state index contributed by atoms with van der Waals surface area (Å²) < 4.78 is 5.98. The van der Waals surface area contributed by atoms with Gasteiger partial charge in [0.05, 0.1) is 0 Å². The van der Waals surface area contributed by atoms with Gasteiger partial charge in [-0.15, -0.1) is 22.7 Å². The Labute approximate surface area is 100 Å². The van der Waals surface area contributed by atoms with Crippen LogP contribution in [0.1, 0.15) is 0 Å². The second kappa shape index (κ2) is 4.48. The zero-order chi connectivity index (χ0) is 9.97. The fraction of sp³-hybridized carbons (Fsp3) is 0.250. The summed E-state index contributed by atoms with van der Waals surface area (Å²) in [5, 5.41) is 4.02. The summed E-state index contributed by atoms with van der Waals surface area (Å²) in [5.74, 6) is 0. The summed E-state index contributed by atoms with van der Waals surface area (Å²) in [6.07, 6.45) is 4.03. The molecule has 0 saturated heterocycles. The average Bonchev–Trinajstić information content (AvgIpc) is 2.72. The van der Waals surface area contributed by atoms with Gasteiger partial charge in [-0.05, 0) is 24.4 Å². The van der Waals surface area contributed by atoms with E-state index in [0.717, 1.165) is 21.0 Å². The molecule has 0 aliphatic carbocycles. The van der Waals surface area contributed by atoms with E-state index >= 15 is 0 Å². The average molecular weight is 260 g/mol. The van der Waals surface area contributed by atoms with Crippen LogP contribution in [0.15, 0.2) is 23.2 Å². The molecule has 0 N–H and O–H groups in total. The van der Waals surface area contributed by atoms with Crippen LogP contribution in [0.25, 0.3) is 0 Å². The number of hydrogen-bond donors (Lipinski definition) is 0. The number of aromatic nitrogens is 2. The number of aryl methyl sites for hydroxylation is 2. The molecule has 0 aromatic carbocycles. The summed E-state index contributed by atoms with van der Waals surface area (Å²) in [4.78, 5) is 0. The van der Waals surface area contributed by atoms with Crippen LogP contribution in [-0.4, -0.2) is 9.13 Å². The van der Waals surface area contributed by atoms with Gasteiger partial charge in [-0.3, -0.25) is 0 Å². The number of thiazole rings is 2. The zero-order valence-electron chi connectivity index (χ0n) is 7.25. The van der Waals surface area contributed by atoms with Gasteiger partial charge in [0.1, 0.15) is 0 Å². The molecule has 0 saturated carbocycles. The Hall–Kier alpha value is -0.300. The minimum Gasteiger partial charge on any atom is -0.328 e. The number of rotatable bonds is 3. The van der Waals surface area contributed by atoms with Crippen molar-refractivity contribution < 1.29 is 0 Å². The van der Waals surface area contributed by atoms with Crippen molar-refractivity contribution in [3.63, 3.8) is 0 Å². The second-order valence-electron chi connectivity index (χ2n) is 2.72. The first-order valence-electron chi connectivity index (χ1n) is 4.05. The fourth-order valence-electron chi connectivity index (χ4n) is 1.13. The molecule has 0 radical (unpaired) electrons. The smallest absolute Gasteiger partial charge is 0.161 e. The van der Waals surface area contributed by atoms with Crippen LogP contribution in [0.5, 0.6) is 0 Å². The monoisotopic (exact) mass is 260 g/mol. The predicted octanol–water partition coefficient (Wildman–Crippen LogP) is 3.57. The van der Waals surface area contributed by atoms with E-state index in [9.17, 15) is 0 Å². The molecular formula is C8H8N2S4. The van der Waals surface area contributed by atoms with Crippen molar-refractivity contribution in [3.8, 4) is 0 Å². The van der Waals surface area contributed by atoms with Gasteiger partial charge in [0.25, 0.3) is 0 Å².